The molecule has 3 N–H and O–H groups in total. The molecule has 0 aliphatic rings. The van der Waals surface area contributed by atoms with Crippen molar-refractivity contribution in [3.63, 3.8) is 0 Å². The molecule has 0 unspecified atom stereocenters. The van der Waals surface area contributed by atoms with Gasteiger partial charge in [-0.3, -0.25) is 0 Å². The Morgan fingerprint density at radius 2 is 1.59 bits per heavy atom. The number of aromatic amines is 1. The molecular weight excluding hydrogens is 274 g/mol. The summed E-state index contributed by atoms with van der Waals surface area (Å²) >= 11 is 0. The van der Waals surface area contributed by atoms with Gasteiger partial charge in [0.2, 0.25) is 5.82 Å². The van der Waals surface area contributed by atoms with Crippen LogP contribution in [0.1, 0.15) is 0 Å². The first kappa shape index (κ1) is 12.5. The van der Waals surface area contributed by atoms with Gasteiger partial charge in [-0.25, -0.2) is 0 Å². The number of tetrazole rings is 1. The summed E-state index contributed by atoms with van der Waals surface area (Å²) in [4.78, 5) is 0. The Balaban J connectivity index is 1.86. The number of nitrogens with zero attached hydrogens (tertiary/aromatic N) is 3. The highest BCUT2D eigenvalue weighted by Gasteiger charge is 2.09. The van der Waals surface area contributed by atoms with Crippen LogP contribution < -0.4 is 5.73 Å². The van der Waals surface area contributed by atoms with Crippen LogP contribution >= 0.6 is 0 Å². The lowest BCUT2D eigenvalue weighted by Gasteiger charge is -2.07. The molecule has 0 amide bonds. The first-order chi connectivity index (χ1) is 10.8. The quantitative estimate of drug-likeness (QED) is 0.554. The van der Waals surface area contributed by atoms with Gasteiger partial charge in [-0.1, -0.05) is 42.5 Å². The molecule has 0 fully saturated rings. The van der Waals surface area contributed by atoms with E-state index in [2.05, 4.69) is 51.0 Å². The number of nitrogens with two attached hydrogens (primary N) is 1. The fourth-order valence-electron chi connectivity index (χ4n) is 2.57. The van der Waals surface area contributed by atoms with E-state index in [1.54, 1.807) is 0 Å². The van der Waals surface area contributed by atoms with Crippen LogP contribution in [0.5, 0.6) is 0 Å². The van der Waals surface area contributed by atoms with Crippen LogP contribution in [0.25, 0.3) is 33.3 Å². The largest absolute Gasteiger partial charge is 0.398 e. The maximum atomic E-state index is 6.03. The summed E-state index contributed by atoms with van der Waals surface area (Å²) in [6, 6.07) is 20.6. The lowest BCUT2D eigenvalue weighted by Crippen LogP contribution is -1.92. The number of fused-ring (bicyclic) bond motifs is 1. The summed E-state index contributed by atoms with van der Waals surface area (Å²) in [5.41, 5.74) is 9.63. The van der Waals surface area contributed by atoms with E-state index in [9.17, 15) is 0 Å². The van der Waals surface area contributed by atoms with Gasteiger partial charge >= 0.3 is 0 Å². The SMILES string of the molecule is Nc1ccc(-c2ccc3ccccc3c2)cc1-c1nn[nH]n1. The molecule has 0 aliphatic heterocycles. The highest BCUT2D eigenvalue weighted by molar-refractivity contribution is 5.88. The number of nitrogen functional groups attached to an aromatic ring is 1. The fourth-order valence-corrected chi connectivity index (χ4v) is 2.57. The Morgan fingerprint density at radius 1 is 0.818 bits per heavy atom. The molecule has 4 rings (SSSR count). The number of H-pyrrole nitrogens is 1. The molecule has 0 spiro atoms. The number of anilines is 1. The summed E-state index contributed by atoms with van der Waals surface area (Å²) < 4.78 is 0. The van der Waals surface area contributed by atoms with Crippen LogP contribution in [-0.2, 0) is 0 Å². The lowest BCUT2D eigenvalue weighted by atomic mass is 9.99. The van der Waals surface area contributed by atoms with Crippen molar-refractivity contribution in [2.75, 3.05) is 5.73 Å². The minimum atomic E-state index is 0.500. The summed E-state index contributed by atoms with van der Waals surface area (Å²) in [5.74, 6) is 0.500. The molecule has 3 aromatic carbocycles. The van der Waals surface area contributed by atoms with E-state index in [1.807, 2.05) is 30.3 Å². The molecule has 0 atom stereocenters. The maximum Gasteiger partial charge on any atom is 0.206 e. The topological polar surface area (TPSA) is 80.5 Å². The monoisotopic (exact) mass is 287 g/mol. The zero-order valence-corrected chi connectivity index (χ0v) is 11.7. The van der Waals surface area contributed by atoms with Crippen molar-refractivity contribution in [1.82, 2.24) is 20.6 Å². The molecule has 0 radical (unpaired) electrons. The van der Waals surface area contributed by atoms with Gasteiger partial charge in [-0.15, -0.1) is 10.2 Å². The van der Waals surface area contributed by atoms with Crippen molar-refractivity contribution in [2.45, 2.75) is 0 Å². The highest BCUT2D eigenvalue weighted by atomic mass is 15.5. The number of aromatic nitrogens is 4. The van der Waals surface area contributed by atoms with Crippen molar-refractivity contribution in [3.8, 4) is 22.5 Å². The van der Waals surface area contributed by atoms with Crippen LogP contribution in [0, 0.1) is 0 Å². The van der Waals surface area contributed by atoms with Crippen LogP contribution in [0.3, 0.4) is 0 Å². The van der Waals surface area contributed by atoms with E-state index < -0.39 is 0 Å². The average molecular weight is 287 g/mol. The predicted molar refractivity (Wildman–Crippen MR) is 87.0 cm³/mol. The Morgan fingerprint density at radius 3 is 2.41 bits per heavy atom. The third kappa shape index (κ3) is 2.09. The maximum absolute atomic E-state index is 6.03. The summed E-state index contributed by atoms with van der Waals surface area (Å²) in [6.45, 7) is 0. The number of rotatable bonds is 2. The second-order valence-corrected chi connectivity index (χ2v) is 5.10. The van der Waals surface area contributed by atoms with E-state index in [4.69, 9.17) is 5.73 Å². The molecule has 5 nitrogen and oxygen atoms in total. The van der Waals surface area contributed by atoms with Crippen molar-refractivity contribution < 1.29 is 0 Å². The van der Waals surface area contributed by atoms with Crippen LogP contribution in [0.2, 0.25) is 0 Å². The second kappa shape index (κ2) is 4.96. The standard InChI is InChI=1S/C17H13N5/c18-16-8-7-14(10-15(16)17-19-21-22-20-17)13-6-5-11-3-1-2-4-12(11)9-13/h1-10H,18H2,(H,19,20,21,22). The molecule has 4 aromatic rings. The molecule has 5 heteroatoms. The molecule has 0 saturated carbocycles. The number of nitrogens with one attached hydrogen (secondary N) is 1. The van der Waals surface area contributed by atoms with Crippen molar-refractivity contribution in [1.29, 1.82) is 0 Å². The minimum absolute atomic E-state index is 0.500. The normalized spacial score (nSPS) is 10.9. The lowest BCUT2D eigenvalue weighted by molar-refractivity contribution is 0.881. The van der Waals surface area contributed by atoms with E-state index in [1.165, 1.54) is 10.8 Å². The molecule has 1 aromatic heterocycles. The first-order valence-electron chi connectivity index (χ1n) is 6.94. The van der Waals surface area contributed by atoms with Crippen LogP contribution in [0.15, 0.2) is 60.7 Å². The number of hydrogen-bond acceptors (Lipinski definition) is 4. The summed E-state index contributed by atoms with van der Waals surface area (Å²) in [5, 5.41) is 16.5. The zero-order chi connectivity index (χ0) is 14.9. The number of benzene rings is 3. The summed E-state index contributed by atoms with van der Waals surface area (Å²) in [7, 11) is 0. The van der Waals surface area contributed by atoms with E-state index in [0.717, 1.165) is 16.7 Å². The first-order valence-corrected chi connectivity index (χ1v) is 6.94. The molecular formula is C17H13N5. The molecule has 0 saturated heterocycles. The van der Waals surface area contributed by atoms with Gasteiger partial charge in [-0.2, -0.15) is 5.21 Å². The van der Waals surface area contributed by atoms with Gasteiger partial charge in [0.05, 0.1) is 0 Å². The molecule has 0 aliphatic carbocycles. The van der Waals surface area contributed by atoms with Gasteiger partial charge in [0.25, 0.3) is 0 Å². The fraction of sp³-hybridized carbons (Fsp3) is 0. The van der Waals surface area contributed by atoms with Gasteiger partial charge in [-0.05, 0) is 45.3 Å². The predicted octanol–water partition coefficient (Wildman–Crippen LogP) is 3.27. The van der Waals surface area contributed by atoms with Crippen LogP contribution in [0.4, 0.5) is 5.69 Å². The summed E-state index contributed by atoms with van der Waals surface area (Å²) in [6.07, 6.45) is 0. The Labute approximate surface area is 126 Å². The zero-order valence-electron chi connectivity index (χ0n) is 11.7. The molecule has 0 bridgehead atoms. The molecule has 106 valence electrons. The van der Waals surface area contributed by atoms with Crippen molar-refractivity contribution >= 4 is 16.5 Å². The van der Waals surface area contributed by atoms with Crippen molar-refractivity contribution in [2.24, 2.45) is 0 Å². The van der Waals surface area contributed by atoms with Gasteiger partial charge < -0.3 is 5.73 Å². The highest BCUT2D eigenvalue weighted by Crippen LogP contribution is 2.30. The second-order valence-electron chi connectivity index (χ2n) is 5.10. The van der Waals surface area contributed by atoms with Crippen LogP contribution in [-0.4, -0.2) is 20.6 Å². The number of hydrogen-bond donors (Lipinski definition) is 2. The van der Waals surface area contributed by atoms with Gasteiger partial charge in [0, 0.05) is 11.3 Å². The third-order valence-corrected chi connectivity index (χ3v) is 3.72. The van der Waals surface area contributed by atoms with Gasteiger partial charge in [0.15, 0.2) is 0 Å². The van der Waals surface area contributed by atoms with E-state index >= 15 is 0 Å². The Bertz CT molecular complexity index is 944. The smallest absolute Gasteiger partial charge is 0.206 e. The third-order valence-electron chi connectivity index (χ3n) is 3.72. The van der Waals surface area contributed by atoms with E-state index in [0.29, 0.717) is 11.5 Å². The minimum Gasteiger partial charge on any atom is -0.398 e. The van der Waals surface area contributed by atoms with Gasteiger partial charge in [0.1, 0.15) is 0 Å². The Kier molecular flexibility index (Phi) is 2.83. The molecule has 22 heavy (non-hydrogen) atoms. The Hall–Kier alpha value is -3.21. The van der Waals surface area contributed by atoms with Crippen molar-refractivity contribution in [3.05, 3.63) is 60.7 Å². The molecule has 1 heterocycles. The van der Waals surface area contributed by atoms with E-state index in [-0.39, 0.29) is 0 Å². The average Bonchev–Trinajstić information content (AvgIpc) is 3.09.